The average Bonchev–Trinajstić information content (AvgIpc) is 2.12. The van der Waals surface area contributed by atoms with Crippen LogP contribution >= 0.6 is 0 Å². The Labute approximate surface area is 104 Å². The van der Waals surface area contributed by atoms with Gasteiger partial charge in [0.2, 0.25) is 0 Å². The number of hydrogen-bond acceptors (Lipinski definition) is 2. The molecule has 0 radical (unpaired) electrons. The standard InChI is InChI=1S/C11H20O2.Sn.4H/c1-4-7-9-10(8-5-2)11(12)13-6-3;;;;;/h9H,4-8H2,1-3H3;;;;;. The summed E-state index contributed by atoms with van der Waals surface area (Å²) in [4.78, 5) is 11.3. The fourth-order valence-electron chi connectivity index (χ4n) is 1.10. The maximum absolute atomic E-state index is 11.3. The van der Waals surface area contributed by atoms with Gasteiger partial charge in [-0.2, -0.15) is 0 Å². The Morgan fingerprint density at radius 2 is 1.86 bits per heavy atom. The third-order valence-corrected chi connectivity index (χ3v) is 1.74. The summed E-state index contributed by atoms with van der Waals surface area (Å²) >= 11 is 0. The van der Waals surface area contributed by atoms with E-state index in [1.807, 2.05) is 13.0 Å². The van der Waals surface area contributed by atoms with Crippen LogP contribution in [0.3, 0.4) is 0 Å². The molecular formula is C11H24O2Sn. The van der Waals surface area contributed by atoms with Gasteiger partial charge in [0.05, 0.1) is 6.61 Å². The van der Waals surface area contributed by atoms with E-state index in [0.717, 1.165) is 31.3 Å². The SMILES string of the molecule is CCCC=C(CCC)C(=O)OCC.[SnH4]. The van der Waals surface area contributed by atoms with E-state index in [0.29, 0.717) is 6.61 Å². The summed E-state index contributed by atoms with van der Waals surface area (Å²) in [7, 11) is 0. The Morgan fingerprint density at radius 3 is 2.29 bits per heavy atom. The second-order valence-corrected chi connectivity index (χ2v) is 2.99. The molecular weight excluding hydrogens is 283 g/mol. The number of esters is 1. The Hall–Kier alpha value is 0.00870. The first-order valence-electron chi connectivity index (χ1n) is 5.12. The summed E-state index contributed by atoms with van der Waals surface area (Å²) in [5.41, 5.74) is 0.839. The van der Waals surface area contributed by atoms with Crippen LogP contribution in [0, 0.1) is 0 Å². The second-order valence-electron chi connectivity index (χ2n) is 2.99. The Bertz CT molecular complexity index is 176. The van der Waals surface area contributed by atoms with Crippen LogP contribution in [0.25, 0.3) is 0 Å². The van der Waals surface area contributed by atoms with Gasteiger partial charge in [-0.3, -0.25) is 0 Å². The van der Waals surface area contributed by atoms with Crippen LogP contribution in [0.15, 0.2) is 11.6 Å². The van der Waals surface area contributed by atoms with Crippen molar-refractivity contribution in [1.82, 2.24) is 0 Å². The first kappa shape index (κ1) is 16.4. The normalized spacial score (nSPS) is 10.6. The molecule has 0 rings (SSSR count). The van der Waals surface area contributed by atoms with Gasteiger partial charge in [-0.25, -0.2) is 4.79 Å². The Balaban J connectivity index is 0. The molecule has 0 aromatic rings. The van der Waals surface area contributed by atoms with Crippen LogP contribution in [0.1, 0.15) is 46.5 Å². The van der Waals surface area contributed by atoms with Crippen molar-refractivity contribution < 1.29 is 9.53 Å². The predicted octanol–water partition coefficient (Wildman–Crippen LogP) is 1.62. The topological polar surface area (TPSA) is 26.3 Å². The zero-order valence-electron chi connectivity index (χ0n) is 8.93. The molecule has 84 valence electrons. The summed E-state index contributed by atoms with van der Waals surface area (Å²) in [5.74, 6) is -0.141. The van der Waals surface area contributed by atoms with E-state index in [9.17, 15) is 4.79 Å². The third-order valence-electron chi connectivity index (χ3n) is 1.74. The molecule has 0 aliphatic rings. The van der Waals surface area contributed by atoms with Gasteiger partial charge in [0.1, 0.15) is 0 Å². The summed E-state index contributed by atoms with van der Waals surface area (Å²) < 4.78 is 4.95. The molecule has 0 aliphatic carbocycles. The molecule has 0 saturated heterocycles. The van der Waals surface area contributed by atoms with Crippen molar-refractivity contribution in [3.63, 3.8) is 0 Å². The number of carbonyl (C=O) groups is 1. The number of unbranched alkanes of at least 4 members (excludes halogenated alkanes) is 1. The predicted molar refractivity (Wildman–Crippen MR) is 65.9 cm³/mol. The summed E-state index contributed by atoms with van der Waals surface area (Å²) in [6.07, 6.45) is 5.87. The number of allylic oxidation sites excluding steroid dienone is 1. The summed E-state index contributed by atoms with van der Waals surface area (Å²) in [6.45, 7) is 6.47. The molecule has 3 heteroatoms. The van der Waals surface area contributed by atoms with Gasteiger partial charge in [0, 0.05) is 5.57 Å². The molecule has 0 atom stereocenters. The van der Waals surface area contributed by atoms with Crippen LogP contribution in [-0.4, -0.2) is 36.5 Å². The number of hydrogen-bond donors (Lipinski definition) is 0. The monoisotopic (exact) mass is 308 g/mol. The van der Waals surface area contributed by atoms with Gasteiger partial charge in [-0.1, -0.05) is 32.8 Å². The van der Waals surface area contributed by atoms with Gasteiger partial charge >= 0.3 is 29.9 Å². The van der Waals surface area contributed by atoms with Gasteiger partial charge < -0.3 is 4.74 Å². The van der Waals surface area contributed by atoms with E-state index in [-0.39, 0.29) is 29.9 Å². The molecule has 0 fully saturated rings. The molecule has 0 N–H and O–H groups in total. The summed E-state index contributed by atoms with van der Waals surface area (Å²) in [5, 5.41) is 0. The van der Waals surface area contributed by atoms with E-state index in [1.165, 1.54) is 0 Å². The Kier molecular flexibility index (Phi) is 13.0. The van der Waals surface area contributed by atoms with Crippen LogP contribution in [0.2, 0.25) is 0 Å². The molecule has 0 aromatic carbocycles. The minimum atomic E-state index is -0.141. The molecule has 0 aromatic heterocycles. The van der Waals surface area contributed by atoms with Crippen molar-refractivity contribution in [3.8, 4) is 0 Å². The van der Waals surface area contributed by atoms with E-state index in [2.05, 4.69) is 13.8 Å². The minimum absolute atomic E-state index is 0. The van der Waals surface area contributed by atoms with Crippen molar-refractivity contribution in [1.29, 1.82) is 0 Å². The second kappa shape index (κ2) is 11.1. The van der Waals surface area contributed by atoms with Crippen molar-refractivity contribution in [2.24, 2.45) is 0 Å². The molecule has 0 amide bonds. The fraction of sp³-hybridized carbons (Fsp3) is 0.727. The van der Waals surface area contributed by atoms with Crippen LogP contribution in [0.5, 0.6) is 0 Å². The van der Waals surface area contributed by atoms with E-state index in [4.69, 9.17) is 4.74 Å². The molecule has 0 saturated carbocycles. The van der Waals surface area contributed by atoms with Crippen LogP contribution in [-0.2, 0) is 9.53 Å². The molecule has 14 heavy (non-hydrogen) atoms. The van der Waals surface area contributed by atoms with Crippen molar-refractivity contribution in [2.45, 2.75) is 46.5 Å². The first-order chi connectivity index (χ1) is 6.26. The molecule has 0 bridgehead atoms. The van der Waals surface area contributed by atoms with Crippen molar-refractivity contribution >= 4 is 29.9 Å². The van der Waals surface area contributed by atoms with Crippen LogP contribution < -0.4 is 0 Å². The van der Waals surface area contributed by atoms with E-state index in [1.54, 1.807) is 0 Å². The van der Waals surface area contributed by atoms with Gasteiger partial charge in [0.25, 0.3) is 0 Å². The molecule has 0 spiro atoms. The van der Waals surface area contributed by atoms with Crippen molar-refractivity contribution in [2.75, 3.05) is 6.61 Å². The van der Waals surface area contributed by atoms with Gasteiger partial charge in [-0.05, 0) is 19.8 Å². The van der Waals surface area contributed by atoms with Crippen molar-refractivity contribution in [3.05, 3.63) is 11.6 Å². The average molecular weight is 307 g/mol. The maximum atomic E-state index is 11.3. The molecule has 0 unspecified atom stereocenters. The summed E-state index contributed by atoms with van der Waals surface area (Å²) in [6, 6.07) is 0. The Morgan fingerprint density at radius 1 is 1.21 bits per heavy atom. The van der Waals surface area contributed by atoms with E-state index < -0.39 is 0 Å². The zero-order valence-corrected chi connectivity index (χ0v) is 8.93. The van der Waals surface area contributed by atoms with Crippen LogP contribution in [0.4, 0.5) is 0 Å². The molecule has 0 heterocycles. The molecule has 0 aliphatic heterocycles. The van der Waals surface area contributed by atoms with Gasteiger partial charge in [-0.15, -0.1) is 0 Å². The number of ether oxygens (including phenoxy) is 1. The number of carbonyl (C=O) groups excluding carboxylic acids is 1. The fourth-order valence-corrected chi connectivity index (χ4v) is 1.10. The van der Waals surface area contributed by atoms with E-state index >= 15 is 0 Å². The molecule has 2 nitrogen and oxygen atoms in total. The quantitative estimate of drug-likeness (QED) is 0.423. The zero-order chi connectivity index (χ0) is 10.1. The first-order valence-corrected chi connectivity index (χ1v) is 5.12. The third kappa shape index (κ3) is 7.42. The van der Waals surface area contributed by atoms with Gasteiger partial charge in [0.15, 0.2) is 0 Å². The number of rotatable bonds is 6.